The van der Waals surface area contributed by atoms with Crippen LogP contribution in [-0.4, -0.2) is 104 Å². The Morgan fingerprint density at radius 3 is 2.26 bits per heavy atom. The first-order chi connectivity index (χ1) is 27.2. The number of hydrogen-bond donors (Lipinski definition) is 4. The van der Waals surface area contributed by atoms with Gasteiger partial charge in [0, 0.05) is 25.5 Å². The van der Waals surface area contributed by atoms with E-state index in [1.807, 2.05) is 69.3 Å². The first kappa shape index (κ1) is 44.4. The topological polar surface area (TPSA) is 200 Å². The molecule has 1 heterocycles. The molecule has 310 valence electrons. The number of guanidine groups is 1. The number of likely N-dealkylation sites (tertiary alicyclic amines) is 1. The minimum absolute atomic E-state index is 0.0392. The van der Waals surface area contributed by atoms with Gasteiger partial charge >= 0.3 is 12.2 Å². The molecular weight excluding hydrogens is 732 g/mol. The van der Waals surface area contributed by atoms with Crippen LogP contribution in [0, 0.1) is 0 Å². The van der Waals surface area contributed by atoms with Crippen LogP contribution in [0.4, 0.5) is 9.59 Å². The molecule has 4 rings (SSSR count). The molecule has 15 heteroatoms. The molecule has 2 unspecified atom stereocenters. The number of nitrogens with two attached hydrogens (primary N) is 1. The zero-order chi connectivity index (χ0) is 41.5. The number of carbonyl (C=O) groups is 5. The lowest BCUT2D eigenvalue weighted by Gasteiger charge is -2.41. The van der Waals surface area contributed by atoms with E-state index in [2.05, 4.69) is 27.5 Å². The molecule has 4 atom stereocenters. The molecule has 5 N–H and O–H groups in total. The van der Waals surface area contributed by atoms with Crippen LogP contribution in [0.15, 0.2) is 66.2 Å². The smallest absolute Gasteiger partial charge is 0.437 e. The Bertz CT molecular complexity index is 1710. The molecule has 1 aliphatic carbocycles. The second kappa shape index (κ2) is 21.3. The van der Waals surface area contributed by atoms with Crippen LogP contribution in [-0.2, 0) is 33.3 Å². The molecule has 2 aromatic rings. The molecule has 0 spiro atoms. The molecule has 0 aromatic heterocycles. The van der Waals surface area contributed by atoms with Crippen molar-refractivity contribution in [3.63, 3.8) is 0 Å². The summed E-state index contributed by atoms with van der Waals surface area (Å²) in [6, 6.07) is 13.1. The van der Waals surface area contributed by atoms with Gasteiger partial charge in [-0.05, 0) is 82.6 Å². The van der Waals surface area contributed by atoms with Crippen molar-refractivity contribution >= 4 is 35.7 Å². The van der Waals surface area contributed by atoms with Crippen molar-refractivity contribution in [2.45, 2.75) is 109 Å². The number of Topliss-reactive ketones (excluding diaryl/α,β-unsaturated/α-hetero) is 1. The van der Waals surface area contributed by atoms with Crippen LogP contribution in [0.1, 0.15) is 90.2 Å². The molecule has 1 fully saturated rings. The minimum atomic E-state index is -1.18. The highest BCUT2D eigenvalue weighted by molar-refractivity contribution is 5.92. The summed E-state index contributed by atoms with van der Waals surface area (Å²) in [5.74, 6) is -1.34. The molecule has 15 nitrogen and oxygen atoms in total. The van der Waals surface area contributed by atoms with Crippen molar-refractivity contribution in [2.75, 3.05) is 33.0 Å². The summed E-state index contributed by atoms with van der Waals surface area (Å²) in [6.45, 7) is 12.6. The van der Waals surface area contributed by atoms with Gasteiger partial charge in [-0.1, -0.05) is 67.6 Å². The number of aliphatic imine (C=N–C) groups is 1. The summed E-state index contributed by atoms with van der Waals surface area (Å²) in [7, 11) is 0. The van der Waals surface area contributed by atoms with Crippen LogP contribution in [0.2, 0.25) is 0 Å². The molecule has 4 amide bonds. The van der Waals surface area contributed by atoms with Crippen molar-refractivity contribution < 1.29 is 42.9 Å². The van der Waals surface area contributed by atoms with Crippen LogP contribution in [0.25, 0.3) is 11.1 Å². The monoisotopic (exact) mass is 790 g/mol. The molecule has 0 radical (unpaired) electrons. The fourth-order valence-electron chi connectivity index (χ4n) is 6.73. The van der Waals surface area contributed by atoms with Gasteiger partial charge < -0.3 is 50.3 Å². The normalized spacial score (nSPS) is 17.7. The Balaban J connectivity index is 1.40. The number of unbranched alkanes of at least 4 members (excludes halogenated alkanes) is 2. The van der Waals surface area contributed by atoms with Crippen molar-refractivity contribution in [3.05, 3.63) is 72.3 Å². The number of hydrogen-bond acceptors (Lipinski definition) is 9. The Kier molecular flexibility index (Phi) is 16.6. The highest BCUT2D eigenvalue weighted by Gasteiger charge is 2.37. The van der Waals surface area contributed by atoms with E-state index >= 15 is 0 Å². The zero-order valence-electron chi connectivity index (χ0n) is 33.7. The number of piperidine rings is 1. The maximum Gasteiger partial charge on any atom is 0.437 e. The number of nitrogens with one attached hydrogen (secondary N) is 3. The van der Waals surface area contributed by atoms with Crippen molar-refractivity contribution in [2.24, 2.45) is 10.7 Å². The third-order valence-electron chi connectivity index (χ3n) is 9.57. The molecule has 57 heavy (non-hydrogen) atoms. The maximum atomic E-state index is 13.7. The number of ketones is 1. The molecule has 2 aromatic carbocycles. The predicted molar refractivity (Wildman–Crippen MR) is 215 cm³/mol. The Morgan fingerprint density at radius 2 is 1.63 bits per heavy atom. The third kappa shape index (κ3) is 13.4. The summed E-state index contributed by atoms with van der Waals surface area (Å²) in [6.07, 6.45) is 2.62. The number of rotatable bonds is 18. The van der Waals surface area contributed by atoms with E-state index in [4.69, 9.17) is 24.7 Å². The van der Waals surface area contributed by atoms with E-state index in [0.717, 1.165) is 35.1 Å². The summed E-state index contributed by atoms with van der Waals surface area (Å²) in [5, 5.41) is 8.31. The molecule has 0 saturated carbocycles. The molecule has 2 aliphatic rings. The van der Waals surface area contributed by atoms with Crippen molar-refractivity contribution in [3.8, 4) is 11.1 Å². The minimum Gasteiger partial charge on any atom is -0.449 e. The van der Waals surface area contributed by atoms with Gasteiger partial charge in [0.05, 0.1) is 18.2 Å². The fourth-order valence-corrected chi connectivity index (χ4v) is 6.73. The standard InChI is InChI=1S/C42H58N6O9/c1-7-23-55-41(53)47-39(43)48-22-15-21-34(38(48)54-24-14-8-9-16-27(2)49)45-36(50)28(3)44-37(51)35(26-57-42(4,5)6)46-40(52)56-25-33-31-19-12-10-17-29(31)30-18-11-13-20-32(30)33/h7,10-13,17-20,28,33-35,38H,1,8-9,14-16,21-26H2,2-6H3,(H,44,51)(H,45,50)(H,46,52)(H2,43,47,53)/t28-,34?,35+,38?/m0/s1. The number of nitrogens with zero attached hydrogens (tertiary/aromatic N) is 2. The lowest BCUT2D eigenvalue weighted by Crippen LogP contribution is -2.62. The lowest BCUT2D eigenvalue weighted by atomic mass is 9.98. The number of fused-ring (bicyclic) bond motifs is 3. The van der Waals surface area contributed by atoms with Gasteiger partial charge in [0.15, 0.2) is 6.23 Å². The Labute approximate surface area is 335 Å². The average Bonchev–Trinajstić information content (AvgIpc) is 3.49. The van der Waals surface area contributed by atoms with E-state index in [1.165, 1.54) is 13.0 Å². The largest absolute Gasteiger partial charge is 0.449 e. The quantitative estimate of drug-likeness (QED) is 0.0692. The molecule has 1 aliphatic heterocycles. The van der Waals surface area contributed by atoms with Gasteiger partial charge in [0.25, 0.3) is 0 Å². The van der Waals surface area contributed by atoms with Gasteiger partial charge in [-0.25, -0.2) is 9.59 Å². The van der Waals surface area contributed by atoms with Gasteiger partial charge in [0.2, 0.25) is 17.8 Å². The molecule has 0 bridgehead atoms. The highest BCUT2D eigenvalue weighted by atomic mass is 16.6. The molecule has 1 saturated heterocycles. The summed E-state index contributed by atoms with van der Waals surface area (Å²) >= 11 is 0. The van der Waals surface area contributed by atoms with Gasteiger partial charge in [-0.2, -0.15) is 0 Å². The second-order valence-electron chi connectivity index (χ2n) is 15.2. The van der Waals surface area contributed by atoms with Crippen LogP contribution >= 0.6 is 0 Å². The SMILES string of the molecule is C=CCOC(=O)/N=C(\N)N1CCCC(NC(=O)[C@H](C)NC(=O)[C@@H](COC(C)(C)C)NC(=O)OCC2c3ccccc3-c3ccccc32)C1OCCCCCC(C)=O. The van der Waals surface area contributed by atoms with E-state index in [9.17, 15) is 24.0 Å². The summed E-state index contributed by atoms with van der Waals surface area (Å²) < 4.78 is 22.8. The predicted octanol–water partition coefficient (Wildman–Crippen LogP) is 4.92. The fraction of sp³-hybridized carbons (Fsp3) is 0.524. The summed E-state index contributed by atoms with van der Waals surface area (Å²) in [4.78, 5) is 69.6. The van der Waals surface area contributed by atoms with Gasteiger partial charge in [0.1, 0.15) is 31.1 Å². The van der Waals surface area contributed by atoms with E-state index < -0.39 is 54.0 Å². The van der Waals surface area contributed by atoms with Crippen molar-refractivity contribution in [1.82, 2.24) is 20.9 Å². The van der Waals surface area contributed by atoms with E-state index in [0.29, 0.717) is 38.8 Å². The number of carbonyl (C=O) groups excluding carboxylic acids is 5. The highest BCUT2D eigenvalue weighted by Crippen LogP contribution is 2.44. The van der Waals surface area contributed by atoms with Gasteiger partial charge in [-0.3, -0.25) is 9.59 Å². The second-order valence-corrected chi connectivity index (χ2v) is 15.2. The van der Waals surface area contributed by atoms with Gasteiger partial charge in [-0.15, -0.1) is 4.99 Å². The lowest BCUT2D eigenvalue weighted by molar-refractivity contribution is -0.133. The average molecular weight is 791 g/mol. The Hall–Kier alpha value is -5.28. The maximum absolute atomic E-state index is 13.7. The van der Waals surface area contributed by atoms with Crippen LogP contribution in [0.5, 0.6) is 0 Å². The first-order valence-corrected chi connectivity index (χ1v) is 19.5. The number of benzene rings is 2. The molecular formula is C42H58N6O9. The number of amides is 4. The van der Waals surface area contributed by atoms with Crippen LogP contribution < -0.4 is 21.7 Å². The van der Waals surface area contributed by atoms with Crippen molar-refractivity contribution in [1.29, 1.82) is 0 Å². The number of ether oxygens (including phenoxy) is 4. The third-order valence-corrected chi connectivity index (χ3v) is 9.57. The first-order valence-electron chi connectivity index (χ1n) is 19.5. The number of alkyl carbamates (subject to hydrolysis) is 1. The zero-order valence-corrected chi connectivity index (χ0v) is 33.7. The van der Waals surface area contributed by atoms with E-state index in [1.54, 1.807) is 11.8 Å². The summed E-state index contributed by atoms with van der Waals surface area (Å²) in [5.41, 5.74) is 9.90. The Morgan fingerprint density at radius 1 is 0.965 bits per heavy atom. The van der Waals surface area contributed by atoms with Crippen LogP contribution in [0.3, 0.4) is 0 Å². The van der Waals surface area contributed by atoms with E-state index in [-0.39, 0.29) is 37.5 Å².